The first-order valence-electron chi connectivity index (χ1n) is 15.0. The first kappa shape index (κ1) is 26.5. The molecule has 8 rings (SSSR count). The van der Waals surface area contributed by atoms with E-state index in [-0.39, 0.29) is 0 Å². The summed E-state index contributed by atoms with van der Waals surface area (Å²) in [6.07, 6.45) is 0. The van der Waals surface area contributed by atoms with Crippen molar-refractivity contribution in [2.24, 2.45) is 15.0 Å². The van der Waals surface area contributed by atoms with Crippen molar-refractivity contribution < 1.29 is 0 Å². The van der Waals surface area contributed by atoms with Crippen LogP contribution in [0.15, 0.2) is 167 Å². The van der Waals surface area contributed by atoms with Gasteiger partial charge in [0.1, 0.15) is 6.67 Å². The van der Waals surface area contributed by atoms with Gasteiger partial charge in [-0.3, -0.25) is 0 Å². The number of aromatic nitrogens is 2. The van der Waals surface area contributed by atoms with Crippen LogP contribution >= 0.6 is 0 Å². The Hall–Kier alpha value is -6.07. The van der Waals surface area contributed by atoms with Crippen LogP contribution in [0, 0.1) is 0 Å². The Kier molecular flexibility index (Phi) is 6.61. The molecule has 0 saturated carbocycles. The van der Waals surface area contributed by atoms with E-state index in [1.165, 1.54) is 32.6 Å². The van der Waals surface area contributed by atoms with E-state index in [4.69, 9.17) is 9.98 Å². The largest absolute Gasteiger partial charge is 0.320 e. The number of aliphatic imine (C=N–C) groups is 3. The van der Waals surface area contributed by atoms with Gasteiger partial charge < -0.3 is 9.13 Å². The van der Waals surface area contributed by atoms with Gasteiger partial charge in [-0.05, 0) is 37.0 Å². The van der Waals surface area contributed by atoms with Crippen molar-refractivity contribution in [3.63, 3.8) is 0 Å². The van der Waals surface area contributed by atoms with E-state index in [2.05, 4.69) is 112 Å². The summed E-state index contributed by atoms with van der Waals surface area (Å²) in [6.45, 7) is 4.20. The number of rotatable bonds is 5. The molecule has 0 unspecified atom stereocenters. The number of benzene rings is 6. The van der Waals surface area contributed by atoms with Crippen LogP contribution in [-0.4, -0.2) is 27.5 Å². The van der Waals surface area contributed by atoms with E-state index in [1.54, 1.807) is 0 Å². The minimum absolute atomic E-state index is 0.383. The Morgan fingerprint density at radius 2 is 1.09 bits per heavy atom. The quantitative estimate of drug-likeness (QED) is 0.144. The van der Waals surface area contributed by atoms with Crippen LogP contribution in [0.3, 0.4) is 0 Å². The highest BCUT2D eigenvalue weighted by atomic mass is 15.1. The lowest BCUT2D eigenvalue weighted by molar-refractivity contribution is 0.791. The summed E-state index contributed by atoms with van der Waals surface area (Å²) in [7, 11) is 0. The lowest BCUT2D eigenvalue weighted by Crippen LogP contribution is -2.07. The first-order valence-corrected chi connectivity index (χ1v) is 15.0. The summed E-state index contributed by atoms with van der Waals surface area (Å²) in [5.41, 5.74) is 7.57. The number of hydrogen-bond donors (Lipinski definition) is 0. The molecule has 0 bridgehead atoms. The van der Waals surface area contributed by atoms with Crippen LogP contribution in [0.4, 0.5) is 0 Å². The molecule has 0 aliphatic heterocycles. The van der Waals surface area contributed by atoms with Crippen molar-refractivity contribution in [3.05, 3.63) is 163 Å². The molecule has 0 saturated heterocycles. The molecule has 0 amide bonds. The molecule has 0 aliphatic rings. The average Bonchev–Trinajstić information content (AvgIpc) is 3.62. The van der Waals surface area contributed by atoms with E-state index in [0.717, 1.165) is 27.8 Å². The maximum Gasteiger partial charge on any atom is 0.161 e. The molecule has 2 heterocycles. The molecule has 45 heavy (non-hydrogen) atoms. The summed E-state index contributed by atoms with van der Waals surface area (Å²) in [6, 6.07) is 52.3. The van der Waals surface area contributed by atoms with E-state index in [9.17, 15) is 0 Å². The normalized spacial score (nSPS) is 12.4. The molecule has 0 aliphatic carbocycles. The van der Waals surface area contributed by atoms with Gasteiger partial charge in [0, 0.05) is 38.4 Å². The Morgan fingerprint density at radius 1 is 0.511 bits per heavy atom. The predicted octanol–water partition coefficient (Wildman–Crippen LogP) is 9.44. The second-order valence-electron chi connectivity index (χ2n) is 10.9. The van der Waals surface area contributed by atoms with E-state index >= 15 is 0 Å². The molecule has 6 aromatic carbocycles. The smallest absolute Gasteiger partial charge is 0.161 e. The van der Waals surface area contributed by atoms with Crippen molar-refractivity contribution in [2.75, 3.05) is 0 Å². The zero-order valence-electron chi connectivity index (χ0n) is 24.6. The van der Waals surface area contributed by atoms with Gasteiger partial charge in [0.05, 0.1) is 22.1 Å². The molecule has 214 valence electrons. The van der Waals surface area contributed by atoms with Crippen LogP contribution in [0.25, 0.3) is 49.3 Å². The number of hydrogen-bond acceptors (Lipinski definition) is 1. The lowest BCUT2D eigenvalue weighted by atomic mass is 10.1. The second kappa shape index (κ2) is 11.2. The van der Waals surface area contributed by atoms with Crippen molar-refractivity contribution >= 4 is 62.0 Å². The third-order valence-corrected chi connectivity index (χ3v) is 8.37. The van der Waals surface area contributed by atoms with Gasteiger partial charge in [-0.2, -0.15) is 0 Å². The SMILES string of the molecule is C=NC(=NC(=NCn1c2ccccc2c2c1ccc1c3ccccc3n(-c3ccccc3)c12)c1ccccc1)c1ccccc1. The maximum absolute atomic E-state index is 5.15. The molecular weight excluding hydrogens is 550 g/mol. The van der Waals surface area contributed by atoms with Gasteiger partial charge in [0.15, 0.2) is 11.7 Å². The molecule has 0 fully saturated rings. The summed E-state index contributed by atoms with van der Waals surface area (Å²) >= 11 is 0. The van der Waals surface area contributed by atoms with Crippen LogP contribution < -0.4 is 0 Å². The molecule has 0 N–H and O–H groups in total. The van der Waals surface area contributed by atoms with Gasteiger partial charge in [-0.1, -0.05) is 121 Å². The van der Waals surface area contributed by atoms with E-state index in [0.29, 0.717) is 18.3 Å². The highest BCUT2D eigenvalue weighted by Crippen LogP contribution is 2.40. The van der Waals surface area contributed by atoms with Gasteiger partial charge in [-0.25, -0.2) is 15.0 Å². The number of nitrogens with zero attached hydrogens (tertiary/aromatic N) is 5. The molecule has 0 atom stereocenters. The third kappa shape index (κ3) is 4.53. The molecule has 2 aromatic heterocycles. The van der Waals surface area contributed by atoms with Gasteiger partial charge in [0.2, 0.25) is 0 Å². The molecule has 5 nitrogen and oxygen atoms in total. The Balaban J connectivity index is 1.38. The molecule has 5 heteroatoms. The van der Waals surface area contributed by atoms with Crippen LogP contribution in [0.1, 0.15) is 11.1 Å². The van der Waals surface area contributed by atoms with E-state index in [1.807, 2.05) is 60.7 Å². The molecule has 8 aromatic rings. The lowest BCUT2D eigenvalue weighted by Gasteiger charge is -2.09. The second-order valence-corrected chi connectivity index (χ2v) is 10.9. The highest BCUT2D eigenvalue weighted by molar-refractivity contribution is 6.25. The third-order valence-electron chi connectivity index (χ3n) is 8.37. The fraction of sp³-hybridized carbons (Fsp3) is 0.0250. The van der Waals surface area contributed by atoms with Gasteiger partial charge >= 0.3 is 0 Å². The summed E-state index contributed by atoms with van der Waals surface area (Å²) in [5, 5.41) is 4.86. The fourth-order valence-electron chi connectivity index (χ4n) is 6.38. The summed E-state index contributed by atoms with van der Waals surface area (Å²) in [4.78, 5) is 14.4. The number of fused-ring (bicyclic) bond motifs is 7. The summed E-state index contributed by atoms with van der Waals surface area (Å²) in [5.74, 6) is 1.14. The van der Waals surface area contributed by atoms with Crippen LogP contribution in [0.5, 0.6) is 0 Å². The predicted molar refractivity (Wildman–Crippen MR) is 189 cm³/mol. The van der Waals surface area contributed by atoms with Crippen molar-refractivity contribution in [1.29, 1.82) is 0 Å². The van der Waals surface area contributed by atoms with Crippen LogP contribution in [-0.2, 0) is 6.67 Å². The minimum atomic E-state index is 0.383. The van der Waals surface area contributed by atoms with Crippen LogP contribution in [0.2, 0.25) is 0 Å². The standard InChI is InChI=1S/C40H29N5/c1-41-39(28-15-5-2-6-16-28)43-40(29-17-7-3-8-18-29)42-27-44-34-23-13-12-22-33(34)37-36(44)26-25-32-31-21-11-14-24-35(31)45(38(32)37)30-19-9-4-10-20-30/h2-26H,1,27H2. The maximum atomic E-state index is 5.15. The number of amidine groups is 2. The van der Waals surface area contributed by atoms with Gasteiger partial charge in [0.25, 0.3) is 0 Å². The topological polar surface area (TPSA) is 46.9 Å². The van der Waals surface area contributed by atoms with Crippen molar-refractivity contribution in [1.82, 2.24) is 9.13 Å². The average molecular weight is 580 g/mol. The highest BCUT2D eigenvalue weighted by Gasteiger charge is 2.20. The fourth-order valence-corrected chi connectivity index (χ4v) is 6.38. The number of para-hydroxylation sites is 3. The van der Waals surface area contributed by atoms with Gasteiger partial charge in [-0.15, -0.1) is 0 Å². The molecule has 0 radical (unpaired) electrons. The zero-order chi connectivity index (χ0) is 30.2. The van der Waals surface area contributed by atoms with Crippen molar-refractivity contribution in [3.8, 4) is 5.69 Å². The monoisotopic (exact) mass is 579 g/mol. The minimum Gasteiger partial charge on any atom is -0.320 e. The van der Waals surface area contributed by atoms with Crippen molar-refractivity contribution in [2.45, 2.75) is 6.67 Å². The molecule has 0 spiro atoms. The Bertz CT molecular complexity index is 2400. The first-order chi connectivity index (χ1) is 22.3. The Labute approximate surface area is 260 Å². The Morgan fingerprint density at radius 3 is 1.78 bits per heavy atom. The summed E-state index contributed by atoms with van der Waals surface area (Å²) < 4.78 is 4.69. The van der Waals surface area contributed by atoms with E-state index < -0.39 is 0 Å². The zero-order valence-corrected chi connectivity index (χ0v) is 24.6. The molecular formula is C40H29N5.